The minimum absolute atomic E-state index is 0.0670. The van der Waals surface area contributed by atoms with Gasteiger partial charge >= 0.3 is 0 Å². The molecule has 0 aliphatic heterocycles. The fourth-order valence-corrected chi connectivity index (χ4v) is 3.49. The molecule has 0 saturated heterocycles. The number of phenolic OH excluding ortho intramolecular Hbond substituents is 2. The van der Waals surface area contributed by atoms with Crippen molar-refractivity contribution < 1.29 is 19.7 Å². The number of benzene rings is 4. The zero-order valence-electron chi connectivity index (χ0n) is 17.8. The smallest absolute Gasteiger partial charge is 0.138 e. The molecule has 0 aliphatic rings. The summed E-state index contributed by atoms with van der Waals surface area (Å²) < 4.78 is 12.2. The van der Waals surface area contributed by atoms with Crippen LogP contribution < -0.4 is 20.9 Å². The lowest BCUT2D eigenvalue weighted by Gasteiger charge is -2.17. The summed E-state index contributed by atoms with van der Waals surface area (Å²) in [7, 11) is 0. The standard InChI is InChI=1S/C28H18N2O4/c1-4-16-7-12-25(33-18-8-10-23(31)21(29)14-18)28-20(6-3)17(5-2)13-26(27(16)28)34-19-9-11-24(32)22(30)15-19/h1-3,7-15,31-32H,29-30H2. The van der Waals surface area contributed by atoms with Gasteiger partial charge in [0.15, 0.2) is 0 Å². The second-order valence-electron chi connectivity index (χ2n) is 7.24. The second kappa shape index (κ2) is 8.63. The van der Waals surface area contributed by atoms with E-state index >= 15 is 0 Å². The minimum atomic E-state index is -0.0719. The lowest BCUT2D eigenvalue weighted by molar-refractivity contribution is 0.467. The molecular weight excluding hydrogens is 428 g/mol. The van der Waals surface area contributed by atoms with Crippen molar-refractivity contribution in [3.05, 3.63) is 71.3 Å². The number of nitrogen functional groups attached to an aromatic ring is 2. The number of anilines is 2. The summed E-state index contributed by atoms with van der Waals surface area (Å²) in [5.74, 6) is 9.13. The highest BCUT2D eigenvalue weighted by atomic mass is 16.5. The number of hydrogen-bond donors (Lipinski definition) is 4. The molecule has 4 aromatic rings. The molecule has 0 fully saturated rings. The Labute approximate surface area is 196 Å². The second-order valence-corrected chi connectivity index (χ2v) is 7.24. The highest BCUT2D eigenvalue weighted by Gasteiger charge is 2.20. The molecule has 34 heavy (non-hydrogen) atoms. The average molecular weight is 446 g/mol. The van der Waals surface area contributed by atoms with E-state index in [9.17, 15) is 10.2 Å². The van der Waals surface area contributed by atoms with Crippen molar-refractivity contribution >= 4 is 22.1 Å². The van der Waals surface area contributed by atoms with Gasteiger partial charge in [0, 0.05) is 34.0 Å². The van der Waals surface area contributed by atoms with E-state index in [-0.39, 0.29) is 22.9 Å². The summed E-state index contributed by atoms with van der Waals surface area (Å²) in [4.78, 5) is 0. The number of nitrogens with two attached hydrogens (primary N) is 2. The van der Waals surface area contributed by atoms with Gasteiger partial charge in [0.2, 0.25) is 0 Å². The fourth-order valence-electron chi connectivity index (χ4n) is 3.49. The van der Waals surface area contributed by atoms with Gasteiger partial charge < -0.3 is 31.2 Å². The minimum Gasteiger partial charge on any atom is -0.506 e. The van der Waals surface area contributed by atoms with E-state index in [4.69, 9.17) is 40.2 Å². The number of aromatic hydroxyl groups is 2. The van der Waals surface area contributed by atoms with Gasteiger partial charge in [-0.1, -0.05) is 17.8 Å². The van der Waals surface area contributed by atoms with Crippen LogP contribution in [0.2, 0.25) is 0 Å². The first-order valence-corrected chi connectivity index (χ1v) is 9.92. The Morgan fingerprint density at radius 1 is 0.618 bits per heavy atom. The number of fused-ring (bicyclic) bond motifs is 1. The number of phenols is 2. The molecule has 164 valence electrons. The molecule has 0 atom stereocenters. The first kappa shape index (κ1) is 21.8. The first-order valence-electron chi connectivity index (χ1n) is 9.92. The van der Waals surface area contributed by atoms with E-state index in [2.05, 4.69) is 17.8 Å². The summed E-state index contributed by atoms with van der Waals surface area (Å²) in [6, 6.07) is 13.9. The van der Waals surface area contributed by atoms with Gasteiger partial charge in [0.25, 0.3) is 0 Å². The van der Waals surface area contributed by atoms with Gasteiger partial charge in [-0.25, -0.2) is 0 Å². The van der Waals surface area contributed by atoms with Crippen LogP contribution in [0.25, 0.3) is 10.8 Å². The molecule has 4 aromatic carbocycles. The lowest BCUT2D eigenvalue weighted by Crippen LogP contribution is -1.98. The van der Waals surface area contributed by atoms with Crippen LogP contribution in [0.4, 0.5) is 11.4 Å². The Morgan fingerprint density at radius 3 is 1.68 bits per heavy atom. The normalized spacial score (nSPS) is 10.1. The number of rotatable bonds is 4. The Morgan fingerprint density at radius 2 is 1.18 bits per heavy atom. The molecule has 0 bridgehead atoms. The highest BCUT2D eigenvalue weighted by molar-refractivity contribution is 6.03. The summed E-state index contributed by atoms with van der Waals surface area (Å²) in [5.41, 5.74) is 13.2. The predicted molar refractivity (Wildman–Crippen MR) is 133 cm³/mol. The molecule has 0 unspecified atom stereocenters. The van der Waals surface area contributed by atoms with Crippen LogP contribution in [-0.4, -0.2) is 10.2 Å². The highest BCUT2D eigenvalue weighted by Crippen LogP contribution is 2.43. The van der Waals surface area contributed by atoms with Crippen molar-refractivity contribution in [1.29, 1.82) is 0 Å². The molecule has 0 heterocycles. The van der Waals surface area contributed by atoms with E-state index < -0.39 is 0 Å². The van der Waals surface area contributed by atoms with Gasteiger partial charge in [-0.2, -0.15) is 0 Å². The maximum atomic E-state index is 9.73. The van der Waals surface area contributed by atoms with Gasteiger partial charge in [-0.3, -0.25) is 0 Å². The zero-order valence-corrected chi connectivity index (χ0v) is 17.8. The Kier molecular flexibility index (Phi) is 5.54. The van der Waals surface area contributed by atoms with E-state index in [1.165, 1.54) is 24.3 Å². The van der Waals surface area contributed by atoms with E-state index in [0.29, 0.717) is 50.5 Å². The monoisotopic (exact) mass is 446 g/mol. The molecule has 0 aromatic heterocycles. The molecule has 0 saturated carbocycles. The van der Waals surface area contributed by atoms with Gasteiger partial charge in [-0.05, 0) is 42.5 Å². The Bertz CT molecular complexity index is 1580. The molecule has 0 spiro atoms. The molecule has 0 aliphatic carbocycles. The van der Waals surface area contributed by atoms with Gasteiger partial charge in [0.05, 0.1) is 16.9 Å². The topological polar surface area (TPSA) is 111 Å². The van der Waals surface area contributed by atoms with Crippen molar-refractivity contribution in [3.8, 4) is 71.5 Å². The summed E-state index contributed by atoms with van der Waals surface area (Å²) in [5, 5.41) is 20.4. The van der Waals surface area contributed by atoms with Crippen LogP contribution in [0.1, 0.15) is 16.7 Å². The lowest BCUT2D eigenvalue weighted by atomic mass is 9.94. The quantitative estimate of drug-likeness (QED) is 0.201. The molecule has 0 radical (unpaired) electrons. The van der Waals surface area contributed by atoms with Crippen LogP contribution in [-0.2, 0) is 0 Å². The molecule has 6 N–H and O–H groups in total. The van der Waals surface area contributed by atoms with E-state index in [0.717, 1.165) is 0 Å². The zero-order chi connectivity index (χ0) is 24.4. The molecular formula is C28H18N2O4. The SMILES string of the molecule is C#Cc1cc(Oc2ccc(O)c(N)c2)c2c(C#C)ccc(Oc3ccc(O)c(N)c3)c2c1C#C. The fraction of sp³-hybridized carbons (Fsp3) is 0. The van der Waals surface area contributed by atoms with Crippen molar-refractivity contribution in [1.82, 2.24) is 0 Å². The maximum Gasteiger partial charge on any atom is 0.138 e. The third kappa shape index (κ3) is 3.82. The first-order chi connectivity index (χ1) is 16.4. The third-order valence-electron chi connectivity index (χ3n) is 5.12. The van der Waals surface area contributed by atoms with Crippen molar-refractivity contribution in [3.63, 3.8) is 0 Å². The van der Waals surface area contributed by atoms with Crippen LogP contribution in [0.15, 0.2) is 54.6 Å². The number of terminal acetylenes is 3. The van der Waals surface area contributed by atoms with Gasteiger partial charge in [0.1, 0.15) is 34.5 Å². The molecule has 4 rings (SSSR count). The Hall–Kier alpha value is -5.38. The Balaban J connectivity index is 1.99. The molecule has 6 nitrogen and oxygen atoms in total. The number of ether oxygens (including phenoxy) is 2. The summed E-state index contributed by atoms with van der Waals surface area (Å²) >= 11 is 0. The van der Waals surface area contributed by atoms with Crippen LogP contribution in [0.3, 0.4) is 0 Å². The van der Waals surface area contributed by atoms with Crippen molar-refractivity contribution in [2.45, 2.75) is 0 Å². The summed E-state index contributed by atoms with van der Waals surface area (Å²) in [6.07, 6.45) is 17.4. The van der Waals surface area contributed by atoms with Crippen LogP contribution in [0.5, 0.6) is 34.5 Å². The van der Waals surface area contributed by atoms with Crippen molar-refractivity contribution in [2.75, 3.05) is 11.5 Å². The molecule has 6 heteroatoms. The third-order valence-corrected chi connectivity index (χ3v) is 5.12. The van der Waals surface area contributed by atoms with E-state index in [1.807, 2.05) is 0 Å². The van der Waals surface area contributed by atoms with Crippen LogP contribution >= 0.6 is 0 Å². The molecule has 0 amide bonds. The van der Waals surface area contributed by atoms with Crippen LogP contribution in [0, 0.1) is 37.0 Å². The van der Waals surface area contributed by atoms with Crippen molar-refractivity contribution in [2.24, 2.45) is 0 Å². The average Bonchev–Trinajstić information content (AvgIpc) is 2.83. The largest absolute Gasteiger partial charge is 0.506 e. The number of hydrogen-bond acceptors (Lipinski definition) is 6. The summed E-state index contributed by atoms with van der Waals surface area (Å²) in [6.45, 7) is 0. The predicted octanol–water partition coefficient (Wildman–Crippen LogP) is 4.94. The van der Waals surface area contributed by atoms with Gasteiger partial charge in [-0.15, -0.1) is 19.3 Å². The maximum absolute atomic E-state index is 9.73. The van der Waals surface area contributed by atoms with E-state index in [1.54, 1.807) is 30.3 Å².